The fraction of sp³-hybridized carbons (Fsp3) is 0.562. The van der Waals surface area contributed by atoms with E-state index in [1.807, 2.05) is 0 Å². The third-order valence-electron chi connectivity index (χ3n) is 4.40. The van der Waals surface area contributed by atoms with Crippen LogP contribution in [0, 0.1) is 16.0 Å². The molecule has 2 N–H and O–H groups in total. The average Bonchev–Trinajstić information content (AvgIpc) is 2.89. The van der Waals surface area contributed by atoms with Crippen molar-refractivity contribution in [2.45, 2.75) is 31.9 Å². The Morgan fingerprint density at radius 3 is 2.52 bits per heavy atom. The first kappa shape index (κ1) is 19.5. The average molecular weight is 370 g/mol. The lowest BCUT2D eigenvalue weighted by atomic mass is 9.90. The Morgan fingerprint density at radius 1 is 1.40 bits per heavy atom. The van der Waals surface area contributed by atoms with E-state index >= 15 is 0 Å². The van der Waals surface area contributed by atoms with E-state index in [0.717, 1.165) is 0 Å². The molecule has 1 aromatic carbocycles. The molecular formula is C16H22N2O6S. The van der Waals surface area contributed by atoms with Gasteiger partial charge < -0.3 is 10.4 Å². The maximum absolute atomic E-state index is 12.5. The number of nitro benzene ring substituents is 1. The van der Waals surface area contributed by atoms with Gasteiger partial charge in [0.1, 0.15) is 0 Å². The van der Waals surface area contributed by atoms with Gasteiger partial charge in [0, 0.05) is 29.7 Å². The van der Waals surface area contributed by atoms with Crippen molar-refractivity contribution < 1.29 is 23.2 Å². The van der Waals surface area contributed by atoms with Gasteiger partial charge in [0.25, 0.3) is 5.69 Å². The minimum Gasteiger partial charge on any atom is -0.393 e. The van der Waals surface area contributed by atoms with E-state index < -0.39 is 26.8 Å². The highest BCUT2D eigenvalue weighted by Crippen LogP contribution is 2.20. The minimum absolute atomic E-state index is 0.0998. The van der Waals surface area contributed by atoms with Crippen molar-refractivity contribution in [2.75, 3.05) is 18.1 Å². The minimum atomic E-state index is -2.97. The number of nitrogens with zero attached hydrogens (tertiary/aromatic N) is 1. The van der Waals surface area contributed by atoms with Crippen LogP contribution in [-0.2, 0) is 9.84 Å². The number of hydrogen-bond acceptors (Lipinski definition) is 7. The first-order valence-electron chi connectivity index (χ1n) is 8.10. The highest BCUT2D eigenvalue weighted by molar-refractivity contribution is 7.91. The molecule has 0 bridgehead atoms. The summed E-state index contributed by atoms with van der Waals surface area (Å²) in [5, 5.41) is 23.7. The number of carbonyl (C=O) groups is 1. The second-order valence-corrected chi connectivity index (χ2v) is 8.59. The molecule has 1 saturated heterocycles. The van der Waals surface area contributed by atoms with E-state index in [1.165, 1.54) is 31.2 Å². The normalized spacial score (nSPS) is 21.6. The van der Waals surface area contributed by atoms with Crippen molar-refractivity contribution in [1.29, 1.82) is 0 Å². The first-order valence-corrected chi connectivity index (χ1v) is 9.92. The molecule has 138 valence electrons. The highest BCUT2D eigenvalue weighted by Gasteiger charge is 2.29. The Kier molecular flexibility index (Phi) is 6.26. The zero-order valence-electron chi connectivity index (χ0n) is 13.9. The largest absolute Gasteiger partial charge is 0.393 e. The number of hydrogen-bond donors (Lipinski definition) is 2. The van der Waals surface area contributed by atoms with Crippen molar-refractivity contribution in [1.82, 2.24) is 5.32 Å². The van der Waals surface area contributed by atoms with Crippen molar-refractivity contribution >= 4 is 21.3 Å². The molecule has 2 rings (SSSR count). The zero-order chi connectivity index (χ0) is 18.6. The van der Waals surface area contributed by atoms with Gasteiger partial charge in [0.2, 0.25) is 0 Å². The summed E-state index contributed by atoms with van der Waals surface area (Å²) in [5.74, 6) is -0.674. The predicted octanol–water partition coefficient (Wildman–Crippen LogP) is 0.941. The van der Waals surface area contributed by atoms with Gasteiger partial charge >= 0.3 is 0 Å². The van der Waals surface area contributed by atoms with Crippen LogP contribution >= 0.6 is 0 Å². The van der Waals surface area contributed by atoms with Crippen molar-refractivity contribution in [2.24, 2.45) is 5.92 Å². The molecule has 1 heterocycles. The molecule has 0 unspecified atom stereocenters. The lowest BCUT2D eigenvalue weighted by Crippen LogP contribution is -2.35. The molecule has 1 aliphatic heterocycles. The summed E-state index contributed by atoms with van der Waals surface area (Å²) in [7, 11) is -2.97. The van der Waals surface area contributed by atoms with Gasteiger partial charge in [-0.3, -0.25) is 14.9 Å². The quantitative estimate of drug-likeness (QED) is 0.396. The van der Waals surface area contributed by atoms with Gasteiger partial charge in [-0.1, -0.05) is 0 Å². The molecule has 0 aliphatic carbocycles. The number of aliphatic hydroxyl groups excluding tert-OH is 1. The number of nitro groups is 1. The fourth-order valence-corrected chi connectivity index (χ4v) is 4.66. The fourth-order valence-electron chi connectivity index (χ4n) is 2.95. The Hall–Kier alpha value is -1.84. The van der Waals surface area contributed by atoms with E-state index in [9.17, 15) is 28.4 Å². The SMILES string of the molecule is C[C@H](O)[C@H](CCN[C@@H]1CCS(=O)(=O)C1)C(=O)c1ccc([N+](=O)[O-])cc1. The summed E-state index contributed by atoms with van der Waals surface area (Å²) >= 11 is 0. The van der Waals surface area contributed by atoms with E-state index in [1.54, 1.807) is 0 Å². The number of sulfone groups is 1. The Labute approximate surface area is 146 Å². The maximum atomic E-state index is 12.5. The summed E-state index contributed by atoms with van der Waals surface area (Å²) in [6.45, 7) is 1.93. The van der Waals surface area contributed by atoms with E-state index in [4.69, 9.17) is 0 Å². The van der Waals surface area contributed by atoms with Crippen molar-refractivity contribution in [3.63, 3.8) is 0 Å². The van der Waals surface area contributed by atoms with Gasteiger partial charge in [-0.15, -0.1) is 0 Å². The van der Waals surface area contributed by atoms with E-state index in [-0.39, 0.29) is 29.0 Å². The molecule has 0 amide bonds. The molecule has 8 nitrogen and oxygen atoms in total. The lowest BCUT2D eigenvalue weighted by Gasteiger charge is -2.20. The Morgan fingerprint density at radius 2 is 2.04 bits per heavy atom. The highest BCUT2D eigenvalue weighted by atomic mass is 32.2. The Balaban J connectivity index is 1.95. The summed E-state index contributed by atoms with van der Waals surface area (Å²) in [6.07, 6.45) is 0.0268. The second-order valence-electron chi connectivity index (χ2n) is 6.36. The third-order valence-corrected chi connectivity index (χ3v) is 6.17. The number of non-ortho nitro benzene ring substituents is 1. The Bertz CT molecular complexity index is 729. The molecule has 0 radical (unpaired) electrons. The molecular weight excluding hydrogens is 348 g/mol. The summed E-state index contributed by atoms with van der Waals surface area (Å²) in [6, 6.07) is 5.16. The maximum Gasteiger partial charge on any atom is 0.269 e. The van der Waals surface area contributed by atoms with Crippen molar-refractivity contribution in [3.05, 3.63) is 39.9 Å². The summed E-state index contributed by atoms with van der Waals surface area (Å²) < 4.78 is 22.9. The summed E-state index contributed by atoms with van der Waals surface area (Å²) in [5.41, 5.74) is 0.203. The number of Topliss-reactive ketones (excluding diaryl/α,β-unsaturated/α-hetero) is 1. The topological polar surface area (TPSA) is 127 Å². The molecule has 25 heavy (non-hydrogen) atoms. The second kappa shape index (κ2) is 8.03. The van der Waals surface area contributed by atoms with Gasteiger partial charge in [-0.2, -0.15) is 0 Å². The molecule has 1 aromatic rings. The molecule has 0 aromatic heterocycles. The monoisotopic (exact) mass is 370 g/mol. The molecule has 9 heteroatoms. The predicted molar refractivity (Wildman–Crippen MR) is 92.3 cm³/mol. The van der Waals surface area contributed by atoms with Crippen LogP contribution in [-0.4, -0.2) is 54.4 Å². The van der Waals surface area contributed by atoms with Gasteiger partial charge in [-0.05, 0) is 38.4 Å². The van der Waals surface area contributed by atoms with Crippen LogP contribution in [0.15, 0.2) is 24.3 Å². The lowest BCUT2D eigenvalue weighted by molar-refractivity contribution is -0.384. The number of aliphatic hydroxyl groups is 1. The molecule has 1 aliphatic rings. The van der Waals surface area contributed by atoms with Crippen LogP contribution in [0.4, 0.5) is 5.69 Å². The van der Waals surface area contributed by atoms with Gasteiger partial charge in [0.15, 0.2) is 15.6 Å². The van der Waals surface area contributed by atoms with Crippen LogP contribution < -0.4 is 5.32 Å². The van der Waals surface area contributed by atoms with Gasteiger partial charge in [-0.25, -0.2) is 8.42 Å². The number of ketones is 1. The number of benzene rings is 1. The zero-order valence-corrected chi connectivity index (χ0v) is 14.7. The standard InChI is InChI=1S/C16H22N2O6S/c1-11(19)15(6-8-17-13-7-9-25(23,24)10-13)16(20)12-2-4-14(5-3-12)18(21)22/h2-5,11,13,15,17,19H,6-10H2,1H3/t11-,13+,15-/m0/s1. The van der Waals surface area contributed by atoms with E-state index in [2.05, 4.69) is 5.32 Å². The smallest absolute Gasteiger partial charge is 0.269 e. The molecule has 3 atom stereocenters. The van der Waals surface area contributed by atoms with Crippen LogP contribution in [0.2, 0.25) is 0 Å². The number of carbonyl (C=O) groups excluding carboxylic acids is 1. The van der Waals surface area contributed by atoms with Crippen LogP contribution in [0.25, 0.3) is 0 Å². The number of nitrogens with one attached hydrogen (secondary N) is 1. The molecule has 0 saturated carbocycles. The van der Waals surface area contributed by atoms with Crippen LogP contribution in [0.3, 0.4) is 0 Å². The van der Waals surface area contributed by atoms with Crippen molar-refractivity contribution in [3.8, 4) is 0 Å². The number of rotatable bonds is 8. The van der Waals surface area contributed by atoms with Crippen LogP contribution in [0.1, 0.15) is 30.1 Å². The van der Waals surface area contributed by atoms with E-state index in [0.29, 0.717) is 24.9 Å². The molecule has 1 fully saturated rings. The van der Waals surface area contributed by atoms with Gasteiger partial charge in [0.05, 0.1) is 22.5 Å². The first-order chi connectivity index (χ1) is 11.7. The van der Waals surface area contributed by atoms with Crippen LogP contribution in [0.5, 0.6) is 0 Å². The summed E-state index contributed by atoms with van der Waals surface area (Å²) in [4.78, 5) is 22.7. The third kappa shape index (κ3) is 5.32. The molecule has 0 spiro atoms.